The Balaban J connectivity index is 0.00000172. The largest absolute Gasteiger partial charge is 0.418 e. The third kappa shape index (κ3) is 6.40. The molecule has 3 saturated heterocycles. The number of piperidine rings is 1. The molecule has 2 amide bonds. The molecule has 1 spiro atoms. The Labute approximate surface area is 228 Å². The molecule has 11 heteroatoms. The van der Waals surface area contributed by atoms with Crippen molar-refractivity contribution in [2.45, 2.75) is 77.6 Å². The van der Waals surface area contributed by atoms with Crippen LogP contribution in [0.15, 0.2) is 30.5 Å². The number of anilines is 2. The van der Waals surface area contributed by atoms with Crippen molar-refractivity contribution in [1.82, 2.24) is 19.6 Å². The number of nitrogens with one attached hydrogen (secondary N) is 1. The molecule has 0 radical (unpaired) electrons. The van der Waals surface area contributed by atoms with E-state index in [-0.39, 0.29) is 23.2 Å². The van der Waals surface area contributed by atoms with Crippen LogP contribution in [0.4, 0.5) is 29.5 Å². The number of aromatic nitrogens is 2. The van der Waals surface area contributed by atoms with E-state index in [1.54, 1.807) is 17.0 Å². The van der Waals surface area contributed by atoms with Crippen molar-refractivity contribution in [1.29, 1.82) is 0 Å². The van der Waals surface area contributed by atoms with E-state index in [0.717, 1.165) is 45.1 Å². The van der Waals surface area contributed by atoms with Gasteiger partial charge >= 0.3 is 12.2 Å². The lowest BCUT2D eigenvalue weighted by molar-refractivity contribution is -0.137. The van der Waals surface area contributed by atoms with Crippen molar-refractivity contribution >= 4 is 23.4 Å². The summed E-state index contributed by atoms with van der Waals surface area (Å²) >= 11 is 0. The summed E-state index contributed by atoms with van der Waals surface area (Å²) in [5, 5.41) is 6.70. The molecule has 0 unspecified atom stereocenters. The number of alkyl halides is 3. The topological polar surface area (TPSA) is 73.7 Å². The molecule has 214 valence electrons. The Bertz CT molecular complexity index is 1150. The van der Waals surface area contributed by atoms with Crippen LogP contribution < -0.4 is 10.2 Å². The van der Waals surface area contributed by atoms with Crippen LogP contribution in [0.5, 0.6) is 0 Å². The number of halogens is 3. The molecule has 1 N–H and O–H groups in total. The first-order chi connectivity index (χ1) is 18.6. The van der Waals surface area contributed by atoms with Gasteiger partial charge in [0.15, 0.2) is 5.82 Å². The first-order valence-electron chi connectivity index (χ1n) is 14.0. The molecule has 8 nitrogen and oxygen atoms in total. The summed E-state index contributed by atoms with van der Waals surface area (Å²) in [7, 11) is 0. The number of benzene rings is 1. The maximum atomic E-state index is 14.0. The quantitative estimate of drug-likeness (QED) is 0.540. The molecule has 0 saturated carbocycles. The van der Waals surface area contributed by atoms with Crippen LogP contribution in [0.3, 0.4) is 0 Å². The average molecular weight is 549 g/mol. The Kier molecular flexibility index (Phi) is 8.88. The standard InChI is InChI=1S/C26H33F3N6O2.C2H6/c1-19(36)30-23-7-14-35(31-23)24(37)33-15-9-25(10-16-33)8-4-13-34(25)18-20-5-6-22(32-11-2-3-12-32)21(17-20)26(27,28)29;1-2/h5-7,14,17H,2-4,8-13,15-16,18H2,1H3,(H,30,31,36);1-2H3. The number of nitrogens with zero attached hydrogens (tertiary/aromatic N) is 5. The third-order valence-corrected chi connectivity index (χ3v) is 7.98. The van der Waals surface area contributed by atoms with Crippen LogP contribution in [-0.4, -0.2) is 69.8 Å². The second kappa shape index (κ2) is 12.0. The second-order valence-electron chi connectivity index (χ2n) is 10.4. The zero-order valence-electron chi connectivity index (χ0n) is 23.1. The van der Waals surface area contributed by atoms with Crippen molar-refractivity contribution in [3.05, 3.63) is 41.6 Å². The zero-order chi connectivity index (χ0) is 28.2. The van der Waals surface area contributed by atoms with E-state index < -0.39 is 11.7 Å². The smallest absolute Gasteiger partial charge is 0.371 e. The Morgan fingerprint density at radius 2 is 1.67 bits per heavy atom. The van der Waals surface area contributed by atoms with Gasteiger partial charge in [-0.25, -0.2) is 4.79 Å². The Hall–Kier alpha value is -3.08. The molecular weight excluding hydrogens is 509 g/mol. The van der Waals surface area contributed by atoms with E-state index in [2.05, 4.69) is 15.3 Å². The van der Waals surface area contributed by atoms with Crippen LogP contribution in [0.2, 0.25) is 0 Å². The molecule has 0 aliphatic carbocycles. The van der Waals surface area contributed by atoms with E-state index in [9.17, 15) is 22.8 Å². The highest BCUT2D eigenvalue weighted by molar-refractivity contribution is 5.88. The molecule has 0 bridgehead atoms. The Morgan fingerprint density at radius 1 is 0.974 bits per heavy atom. The molecule has 3 aliphatic heterocycles. The molecule has 1 aromatic heterocycles. The minimum Gasteiger partial charge on any atom is -0.371 e. The highest BCUT2D eigenvalue weighted by atomic mass is 19.4. The van der Waals surface area contributed by atoms with Crippen LogP contribution in [0.25, 0.3) is 0 Å². The normalized spacial score (nSPS) is 19.2. The predicted octanol–water partition coefficient (Wildman–Crippen LogP) is 5.59. The fraction of sp³-hybridized carbons (Fsp3) is 0.607. The zero-order valence-corrected chi connectivity index (χ0v) is 23.1. The molecule has 0 atom stereocenters. The van der Waals surface area contributed by atoms with Crippen molar-refractivity contribution < 1.29 is 22.8 Å². The first kappa shape index (κ1) is 28.9. The predicted molar refractivity (Wildman–Crippen MR) is 145 cm³/mol. The number of amides is 2. The highest BCUT2D eigenvalue weighted by Crippen LogP contribution is 2.42. The highest BCUT2D eigenvalue weighted by Gasteiger charge is 2.44. The monoisotopic (exact) mass is 548 g/mol. The SMILES string of the molecule is CC.CC(=O)Nc1ccn(C(=O)N2CCC3(CCCN3Cc3ccc(N4CCCC4)c(C(F)(F)F)c3)CC2)n1. The lowest BCUT2D eigenvalue weighted by atomic mass is 9.84. The molecule has 5 rings (SSSR count). The van der Waals surface area contributed by atoms with Gasteiger partial charge in [-0.2, -0.15) is 17.9 Å². The average Bonchev–Trinajstić information content (AvgIpc) is 3.68. The van der Waals surface area contributed by atoms with Crippen molar-refractivity contribution in [2.75, 3.05) is 42.9 Å². The minimum absolute atomic E-state index is 0.117. The number of carbonyl (C=O) groups excluding carboxylic acids is 2. The van der Waals surface area contributed by atoms with Crippen molar-refractivity contribution in [3.8, 4) is 0 Å². The lowest BCUT2D eigenvalue weighted by Gasteiger charge is -2.45. The Morgan fingerprint density at radius 3 is 2.31 bits per heavy atom. The van der Waals surface area contributed by atoms with E-state index in [1.807, 2.05) is 24.8 Å². The molecule has 39 heavy (non-hydrogen) atoms. The fourth-order valence-corrected chi connectivity index (χ4v) is 6.11. The van der Waals surface area contributed by atoms with Gasteiger partial charge in [0.05, 0.1) is 5.56 Å². The van der Waals surface area contributed by atoms with Crippen LogP contribution in [0.1, 0.15) is 70.4 Å². The van der Waals surface area contributed by atoms with Gasteiger partial charge < -0.3 is 15.1 Å². The van der Waals surface area contributed by atoms with Gasteiger partial charge in [-0.3, -0.25) is 9.69 Å². The summed E-state index contributed by atoms with van der Waals surface area (Å²) < 4.78 is 43.1. The molecule has 4 heterocycles. The second-order valence-corrected chi connectivity index (χ2v) is 10.4. The van der Waals surface area contributed by atoms with Crippen LogP contribution in [0, 0.1) is 0 Å². The number of rotatable bonds is 4. The maximum absolute atomic E-state index is 14.0. The van der Waals surface area contributed by atoms with Crippen molar-refractivity contribution in [2.24, 2.45) is 0 Å². The number of hydrogen-bond donors (Lipinski definition) is 1. The third-order valence-electron chi connectivity index (χ3n) is 7.98. The van der Waals surface area contributed by atoms with Gasteiger partial charge in [0.2, 0.25) is 5.91 Å². The molecule has 3 fully saturated rings. The first-order valence-corrected chi connectivity index (χ1v) is 14.0. The summed E-state index contributed by atoms with van der Waals surface area (Å²) in [4.78, 5) is 30.1. The number of hydrogen-bond acceptors (Lipinski definition) is 5. The van der Waals surface area contributed by atoms with E-state index in [4.69, 9.17) is 0 Å². The van der Waals surface area contributed by atoms with Gasteiger partial charge in [-0.15, -0.1) is 5.10 Å². The van der Waals surface area contributed by atoms with Gasteiger partial charge in [0.25, 0.3) is 0 Å². The molecule has 1 aromatic carbocycles. The summed E-state index contributed by atoms with van der Waals surface area (Å²) in [6.45, 7) is 9.11. The van der Waals surface area contributed by atoms with Gasteiger partial charge in [-0.05, 0) is 62.8 Å². The van der Waals surface area contributed by atoms with Crippen molar-refractivity contribution in [3.63, 3.8) is 0 Å². The lowest BCUT2D eigenvalue weighted by Crippen LogP contribution is -2.53. The van der Waals surface area contributed by atoms with Gasteiger partial charge in [0.1, 0.15) is 0 Å². The summed E-state index contributed by atoms with van der Waals surface area (Å²) in [6, 6.07) is 6.16. The summed E-state index contributed by atoms with van der Waals surface area (Å²) in [6.07, 6.45) is 2.47. The van der Waals surface area contributed by atoms with Gasteiger partial charge in [0, 0.05) is 63.1 Å². The van der Waals surface area contributed by atoms with E-state index in [0.29, 0.717) is 44.1 Å². The van der Waals surface area contributed by atoms with Gasteiger partial charge in [-0.1, -0.05) is 19.9 Å². The minimum atomic E-state index is -4.39. The fourth-order valence-electron chi connectivity index (χ4n) is 6.11. The van der Waals surface area contributed by atoms with Crippen LogP contribution in [-0.2, 0) is 17.5 Å². The summed E-state index contributed by atoms with van der Waals surface area (Å²) in [5.74, 6) is 0.0669. The van der Waals surface area contributed by atoms with E-state index in [1.165, 1.54) is 23.9 Å². The van der Waals surface area contributed by atoms with Crippen LogP contribution >= 0.6 is 0 Å². The number of carbonyl (C=O) groups is 2. The molecule has 2 aromatic rings. The maximum Gasteiger partial charge on any atom is 0.418 e. The van der Waals surface area contributed by atoms with E-state index >= 15 is 0 Å². The summed E-state index contributed by atoms with van der Waals surface area (Å²) in [5.41, 5.74) is 0.307. The molecule has 3 aliphatic rings. The molecular formula is C28H39F3N6O2. The number of likely N-dealkylation sites (tertiary alicyclic amines) is 2.